The Bertz CT molecular complexity index is 520. The number of nitrogens with two attached hydrogens (primary N) is 1. The molecule has 1 fully saturated rings. The molecule has 5 nitrogen and oxygen atoms in total. The van der Waals surface area contributed by atoms with Gasteiger partial charge in [0.2, 0.25) is 0 Å². The average Bonchev–Trinajstić information content (AvgIpc) is 2.67. The third-order valence-corrected chi connectivity index (χ3v) is 4.35. The molecule has 21 heavy (non-hydrogen) atoms. The third-order valence-electron chi connectivity index (χ3n) is 4.04. The molecule has 1 aliphatic heterocycles. The summed E-state index contributed by atoms with van der Waals surface area (Å²) in [6, 6.07) is 6.19. The topological polar surface area (TPSA) is 65.1 Å². The Balaban J connectivity index is 2.29. The SMILES string of the molecule is CCC1CN(C)CCCN1c1ccc(/C(N)=N/O)c(Cl)c1. The fraction of sp³-hybridized carbons (Fsp3) is 0.533. The largest absolute Gasteiger partial charge is 0.409 e. The van der Waals surface area contributed by atoms with Gasteiger partial charge in [0.25, 0.3) is 0 Å². The van der Waals surface area contributed by atoms with E-state index in [1.165, 1.54) is 0 Å². The second-order valence-corrected chi connectivity index (χ2v) is 5.93. The predicted molar refractivity (Wildman–Crippen MR) is 87.5 cm³/mol. The molecule has 2 rings (SSSR count). The summed E-state index contributed by atoms with van der Waals surface area (Å²) in [5.41, 5.74) is 7.27. The summed E-state index contributed by atoms with van der Waals surface area (Å²) in [7, 11) is 2.17. The number of oxime groups is 1. The van der Waals surface area contributed by atoms with Crippen LogP contribution in [0.4, 0.5) is 5.69 Å². The summed E-state index contributed by atoms with van der Waals surface area (Å²) in [5.74, 6) is 0.0363. The molecule has 1 heterocycles. The van der Waals surface area contributed by atoms with E-state index < -0.39 is 0 Å². The second-order valence-electron chi connectivity index (χ2n) is 5.52. The molecule has 0 spiro atoms. The van der Waals surface area contributed by atoms with Gasteiger partial charge < -0.3 is 20.7 Å². The van der Waals surface area contributed by atoms with Crippen LogP contribution in [0.3, 0.4) is 0 Å². The second kappa shape index (κ2) is 7.00. The zero-order valence-corrected chi connectivity index (χ0v) is 13.3. The Morgan fingerprint density at radius 2 is 2.24 bits per heavy atom. The highest BCUT2D eigenvalue weighted by molar-refractivity contribution is 6.34. The fourth-order valence-electron chi connectivity index (χ4n) is 2.88. The van der Waals surface area contributed by atoms with Crippen LogP contribution in [0.15, 0.2) is 23.4 Å². The van der Waals surface area contributed by atoms with Gasteiger partial charge in [0.05, 0.1) is 5.02 Å². The van der Waals surface area contributed by atoms with Crippen molar-refractivity contribution in [3.05, 3.63) is 28.8 Å². The van der Waals surface area contributed by atoms with Crippen LogP contribution in [-0.4, -0.2) is 48.7 Å². The number of nitrogens with zero attached hydrogens (tertiary/aromatic N) is 3. The first-order valence-electron chi connectivity index (χ1n) is 7.29. The number of anilines is 1. The monoisotopic (exact) mass is 310 g/mol. The van der Waals surface area contributed by atoms with Gasteiger partial charge in [-0.05, 0) is 44.6 Å². The zero-order chi connectivity index (χ0) is 15.4. The van der Waals surface area contributed by atoms with Gasteiger partial charge in [-0.2, -0.15) is 0 Å². The van der Waals surface area contributed by atoms with E-state index in [1.54, 1.807) is 0 Å². The van der Waals surface area contributed by atoms with Crippen LogP contribution < -0.4 is 10.6 Å². The highest BCUT2D eigenvalue weighted by Gasteiger charge is 2.22. The molecular formula is C15H23ClN4O. The molecule has 0 bridgehead atoms. The molecular weight excluding hydrogens is 288 g/mol. The number of amidine groups is 1. The van der Waals surface area contributed by atoms with Crippen molar-refractivity contribution in [1.82, 2.24) is 4.90 Å². The zero-order valence-electron chi connectivity index (χ0n) is 12.6. The molecule has 0 aliphatic carbocycles. The van der Waals surface area contributed by atoms with Gasteiger partial charge in [-0.15, -0.1) is 0 Å². The summed E-state index contributed by atoms with van der Waals surface area (Å²) in [6.45, 7) is 5.39. The van der Waals surface area contributed by atoms with E-state index in [-0.39, 0.29) is 5.84 Å². The predicted octanol–water partition coefficient (Wildman–Crippen LogP) is 2.36. The first kappa shape index (κ1) is 15.9. The maximum absolute atomic E-state index is 8.77. The van der Waals surface area contributed by atoms with Crippen molar-refractivity contribution in [3.63, 3.8) is 0 Å². The van der Waals surface area contributed by atoms with Gasteiger partial charge in [-0.3, -0.25) is 0 Å². The minimum atomic E-state index is 0.0363. The van der Waals surface area contributed by atoms with E-state index in [0.717, 1.165) is 38.2 Å². The first-order chi connectivity index (χ1) is 10.1. The van der Waals surface area contributed by atoms with Crippen LogP contribution in [0.2, 0.25) is 5.02 Å². The van der Waals surface area contributed by atoms with Crippen molar-refractivity contribution in [3.8, 4) is 0 Å². The lowest BCUT2D eigenvalue weighted by Gasteiger charge is -2.32. The Hall–Kier alpha value is -1.46. The van der Waals surface area contributed by atoms with Gasteiger partial charge in [0.1, 0.15) is 0 Å². The number of halogens is 1. The van der Waals surface area contributed by atoms with Gasteiger partial charge in [-0.1, -0.05) is 23.7 Å². The maximum Gasteiger partial charge on any atom is 0.171 e. The van der Waals surface area contributed by atoms with E-state index in [4.69, 9.17) is 22.5 Å². The van der Waals surface area contributed by atoms with E-state index in [9.17, 15) is 0 Å². The molecule has 0 saturated carbocycles. The Morgan fingerprint density at radius 3 is 2.86 bits per heavy atom. The van der Waals surface area contributed by atoms with Gasteiger partial charge >= 0.3 is 0 Å². The van der Waals surface area contributed by atoms with Crippen molar-refractivity contribution >= 4 is 23.1 Å². The number of benzene rings is 1. The van der Waals surface area contributed by atoms with Crippen LogP contribution in [-0.2, 0) is 0 Å². The highest BCUT2D eigenvalue weighted by Crippen LogP contribution is 2.27. The average molecular weight is 311 g/mol. The highest BCUT2D eigenvalue weighted by atomic mass is 35.5. The summed E-state index contributed by atoms with van der Waals surface area (Å²) in [4.78, 5) is 4.78. The van der Waals surface area contributed by atoms with Crippen molar-refractivity contribution in [2.24, 2.45) is 10.9 Å². The lowest BCUT2D eigenvalue weighted by molar-refractivity contribution is 0.318. The van der Waals surface area contributed by atoms with E-state index in [1.807, 2.05) is 18.2 Å². The first-order valence-corrected chi connectivity index (χ1v) is 7.67. The van der Waals surface area contributed by atoms with Crippen molar-refractivity contribution < 1.29 is 5.21 Å². The molecule has 6 heteroatoms. The van der Waals surface area contributed by atoms with E-state index >= 15 is 0 Å². The third kappa shape index (κ3) is 3.60. The smallest absolute Gasteiger partial charge is 0.171 e. The number of rotatable bonds is 3. The molecule has 0 radical (unpaired) electrons. The molecule has 1 saturated heterocycles. The molecule has 1 aromatic carbocycles. The van der Waals surface area contributed by atoms with Crippen LogP contribution in [0.1, 0.15) is 25.3 Å². The van der Waals surface area contributed by atoms with Crippen LogP contribution >= 0.6 is 11.6 Å². The van der Waals surface area contributed by atoms with Crippen molar-refractivity contribution in [2.75, 3.05) is 31.6 Å². The number of likely N-dealkylation sites (N-methyl/N-ethyl adjacent to an activating group) is 1. The van der Waals surface area contributed by atoms with Crippen LogP contribution in [0, 0.1) is 0 Å². The van der Waals surface area contributed by atoms with Gasteiger partial charge in [0.15, 0.2) is 5.84 Å². The summed E-state index contributed by atoms with van der Waals surface area (Å²) < 4.78 is 0. The number of hydrogen-bond acceptors (Lipinski definition) is 4. The minimum Gasteiger partial charge on any atom is -0.409 e. The van der Waals surface area contributed by atoms with Crippen LogP contribution in [0.25, 0.3) is 0 Å². The van der Waals surface area contributed by atoms with E-state index in [2.05, 4.69) is 28.9 Å². The standard InChI is InChI=1S/C15H23ClN4O/c1-3-11-10-19(2)7-4-8-20(11)12-5-6-13(14(16)9-12)15(17)18-21/h5-6,9,11,21H,3-4,7-8,10H2,1-2H3,(H2,17,18). The van der Waals surface area contributed by atoms with Gasteiger partial charge in [-0.25, -0.2) is 0 Å². The Kier molecular flexibility index (Phi) is 5.31. The van der Waals surface area contributed by atoms with Gasteiger partial charge in [0, 0.05) is 30.4 Å². The molecule has 1 atom stereocenters. The Morgan fingerprint density at radius 1 is 1.48 bits per heavy atom. The lowest BCUT2D eigenvalue weighted by Crippen LogP contribution is -2.39. The lowest BCUT2D eigenvalue weighted by atomic mass is 10.1. The normalized spacial score (nSPS) is 21.4. The Labute approximate surface area is 131 Å². The van der Waals surface area contributed by atoms with Crippen molar-refractivity contribution in [2.45, 2.75) is 25.8 Å². The summed E-state index contributed by atoms with van der Waals surface area (Å²) in [6.07, 6.45) is 2.22. The quantitative estimate of drug-likeness (QED) is 0.389. The molecule has 116 valence electrons. The summed E-state index contributed by atoms with van der Waals surface area (Å²) in [5, 5.41) is 12.3. The molecule has 0 aromatic heterocycles. The molecule has 1 unspecified atom stereocenters. The summed E-state index contributed by atoms with van der Waals surface area (Å²) >= 11 is 6.27. The van der Waals surface area contributed by atoms with Crippen LogP contribution in [0.5, 0.6) is 0 Å². The maximum atomic E-state index is 8.77. The van der Waals surface area contributed by atoms with E-state index in [0.29, 0.717) is 16.6 Å². The molecule has 1 aromatic rings. The molecule has 1 aliphatic rings. The minimum absolute atomic E-state index is 0.0363. The van der Waals surface area contributed by atoms with Crippen molar-refractivity contribution in [1.29, 1.82) is 0 Å². The number of hydrogen-bond donors (Lipinski definition) is 2. The fourth-order valence-corrected chi connectivity index (χ4v) is 3.15. The molecule has 3 N–H and O–H groups in total. The molecule has 0 amide bonds.